The molecular weight excluding hydrogens is 903 g/mol. The van der Waals surface area contributed by atoms with Gasteiger partial charge in [-0.05, 0) is 108 Å². The second-order valence-corrected chi connectivity index (χ2v) is 20.2. The van der Waals surface area contributed by atoms with Crippen LogP contribution >= 0.6 is 22.7 Å². The van der Waals surface area contributed by atoms with E-state index in [1.165, 1.54) is 16.8 Å². The van der Waals surface area contributed by atoms with E-state index < -0.39 is 5.97 Å². The molecule has 354 valence electrons. The molecule has 0 aromatic carbocycles. The standard InChI is InChI=1S/C29H38N8O2S.C19H17N5O3S/c1-34(2)13-14-35(3)20-8-11-36(12-9-20)29(38)19-5-6-22-25(15-19)40-28-26(22)27(30-18-31-28)33-23-16-21-7-10-32-37(21)17-24(23)39-4;1-27-14-8-24-11(4-5-22-24)7-13(14)23-17-16-12-3-2-10(19(25)26)6-15(12)28-18(16)21-9-20-17/h7,10,16-20H,5-6,8-9,11-15H2,1-4H3,(H,30,31,33);4-5,7-10H,2-3,6H2,1H3,(H,25,26)(H,20,21,23)/t19-;10-/m00/s1. The normalized spacial score (nSPS) is 17.4. The fourth-order valence-electron chi connectivity index (χ4n) is 9.83. The van der Waals surface area contributed by atoms with Crippen LogP contribution in [0.1, 0.15) is 46.6 Å². The molecule has 2 aliphatic carbocycles. The number of anilines is 4. The first-order valence-corrected chi connectivity index (χ1v) is 24.6. The van der Waals surface area contributed by atoms with Crippen molar-refractivity contribution in [2.24, 2.45) is 11.8 Å². The second-order valence-electron chi connectivity index (χ2n) is 18.0. The summed E-state index contributed by atoms with van der Waals surface area (Å²) in [5.74, 6) is 2.12. The molecule has 1 fully saturated rings. The highest BCUT2D eigenvalue weighted by atomic mass is 32.1. The number of methoxy groups -OCH3 is 2. The zero-order chi connectivity index (χ0) is 47.1. The lowest BCUT2D eigenvalue weighted by Crippen LogP contribution is -2.48. The summed E-state index contributed by atoms with van der Waals surface area (Å²) in [6.45, 7) is 3.83. The van der Waals surface area contributed by atoms with Gasteiger partial charge in [-0.25, -0.2) is 29.0 Å². The van der Waals surface area contributed by atoms with Gasteiger partial charge in [-0.2, -0.15) is 10.2 Å². The van der Waals surface area contributed by atoms with Gasteiger partial charge >= 0.3 is 5.97 Å². The average Bonchev–Trinajstić information content (AvgIpc) is 4.17. The highest BCUT2D eigenvalue weighted by Crippen LogP contribution is 2.43. The van der Waals surface area contributed by atoms with Crippen molar-refractivity contribution in [3.05, 3.63) is 82.6 Å². The Balaban J connectivity index is 0.000000168. The first kappa shape index (κ1) is 45.3. The van der Waals surface area contributed by atoms with Crippen LogP contribution in [0.3, 0.4) is 0 Å². The number of thiophene rings is 2. The van der Waals surface area contributed by atoms with Gasteiger partial charge in [-0.3, -0.25) is 9.59 Å². The van der Waals surface area contributed by atoms with E-state index in [-0.39, 0.29) is 11.8 Å². The van der Waals surface area contributed by atoms with Gasteiger partial charge in [-0.1, -0.05) is 0 Å². The van der Waals surface area contributed by atoms with Crippen LogP contribution in [-0.2, 0) is 35.3 Å². The van der Waals surface area contributed by atoms with E-state index in [1.807, 2.05) is 36.7 Å². The minimum absolute atomic E-state index is 0.0392. The minimum Gasteiger partial charge on any atom is -0.493 e. The molecule has 0 radical (unpaired) electrons. The van der Waals surface area contributed by atoms with Gasteiger partial charge in [0.25, 0.3) is 0 Å². The maximum atomic E-state index is 13.6. The molecule has 9 heterocycles. The quantitative estimate of drug-likeness (QED) is 0.114. The van der Waals surface area contributed by atoms with E-state index in [9.17, 15) is 14.7 Å². The van der Waals surface area contributed by atoms with E-state index in [1.54, 1.807) is 64.6 Å². The van der Waals surface area contributed by atoms with Crippen LogP contribution in [0.2, 0.25) is 0 Å². The van der Waals surface area contributed by atoms with Crippen LogP contribution in [0.5, 0.6) is 11.5 Å². The molecule has 2 atom stereocenters. The molecule has 3 aliphatic rings. The van der Waals surface area contributed by atoms with Gasteiger partial charge in [0.05, 0.1) is 65.7 Å². The molecule has 0 bridgehead atoms. The number of ether oxygens (including phenoxy) is 2. The van der Waals surface area contributed by atoms with E-state index >= 15 is 0 Å². The second kappa shape index (κ2) is 19.3. The maximum absolute atomic E-state index is 13.6. The first-order valence-electron chi connectivity index (χ1n) is 23.0. The third kappa shape index (κ3) is 9.00. The highest BCUT2D eigenvalue weighted by molar-refractivity contribution is 7.19. The third-order valence-corrected chi connectivity index (χ3v) is 16.0. The summed E-state index contributed by atoms with van der Waals surface area (Å²) in [5, 5.41) is 26.8. The predicted molar refractivity (Wildman–Crippen MR) is 264 cm³/mol. The number of likely N-dealkylation sites (N-methyl/N-ethyl adjacent to an activating group) is 2. The Bertz CT molecular complexity index is 3140. The number of aliphatic carboxylic acids is 1. The number of aryl methyl sites for hydroxylation is 2. The summed E-state index contributed by atoms with van der Waals surface area (Å²) in [5.41, 5.74) is 5.95. The number of nitrogens with one attached hydrogen (secondary N) is 2. The van der Waals surface area contributed by atoms with Gasteiger partial charge < -0.3 is 39.9 Å². The Labute approximate surface area is 400 Å². The van der Waals surface area contributed by atoms with Crippen LogP contribution < -0.4 is 20.1 Å². The van der Waals surface area contributed by atoms with Crippen molar-refractivity contribution in [1.82, 2.24) is 53.9 Å². The molecule has 0 saturated carbocycles. The number of likely N-dealkylation sites (tertiary alicyclic amines) is 1. The zero-order valence-corrected chi connectivity index (χ0v) is 40.4. The van der Waals surface area contributed by atoms with Crippen LogP contribution in [0.4, 0.5) is 23.0 Å². The van der Waals surface area contributed by atoms with E-state index in [4.69, 9.17) is 9.47 Å². The summed E-state index contributed by atoms with van der Waals surface area (Å²) in [7, 11) is 9.72. The number of hydrogen-bond acceptors (Lipinski definition) is 16. The van der Waals surface area contributed by atoms with Crippen molar-refractivity contribution >= 4 is 89.0 Å². The lowest BCUT2D eigenvalue weighted by Gasteiger charge is -2.38. The Hall–Kier alpha value is -6.48. The minimum atomic E-state index is -0.730. The Morgan fingerprint density at radius 2 is 1.25 bits per heavy atom. The smallest absolute Gasteiger partial charge is 0.306 e. The maximum Gasteiger partial charge on any atom is 0.306 e. The average molecular weight is 958 g/mol. The van der Waals surface area contributed by atoms with Gasteiger partial charge in [0.15, 0.2) is 11.5 Å². The number of fused-ring (bicyclic) bond motifs is 8. The lowest BCUT2D eigenvalue weighted by molar-refractivity contribution is -0.142. The molecule has 1 saturated heterocycles. The molecule has 20 heteroatoms. The molecule has 18 nitrogen and oxygen atoms in total. The van der Waals surface area contributed by atoms with Crippen molar-refractivity contribution in [3.8, 4) is 11.5 Å². The van der Waals surface area contributed by atoms with Crippen LogP contribution in [0.25, 0.3) is 31.5 Å². The number of piperidine rings is 1. The number of carbonyl (C=O) groups is 2. The molecule has 3 N–H and O–H groups in total. The number of hydrogen-bond donors (Lipinski definition) is 3. The van der Waals surface area contributed by atoms with Crippen molar-refractivity contribution in [1.29, 1.82) is 0 Å². The molecule has 8 aromatic heterocycles. The monoisotopic (exact) mass is 957 g/mol. The Morgan fingerprint density at radius 3 is 1.75 bits per heavy atom. The third-order valence-electron chi connectivity index (χ3n) is 13.6. The molecule has 11 rings (SSSR count). The number of rotatable bonds is 12. The van der Waals surface area contributed by atoms with Crippen molar-refractivity contribution < 1.29 is 24.2 Å². The number of aromatic nitrogens is 8. The zero-order valence-electron chi connectivity index (χ0n) is 38.8. The number of carboxylic acids is 1. The SMILES string of the molecule is COc1cn2nccc2cc1Nc1ncnc2sc3c(c12)CC[C@H](C(=O)N1CCC(N(C)CCN(C)C)CC1)C3.COc1cn2nccc2cc1Nc1ncnc2sc3c(c12)CC[C@H](C(=O)O)C3. The number of carbonyl (C=O) groups excluding carboxylic acids is 1. The van der Waals surface area contributed by atoms with Gasteiger partial charge in [0.1, 0.15) is 34.0 Å². The molecule has 0 spiro atoms. The fraction of sp³-hybridized carbons (Fsp3) is 0.417. The Morgan fingerprint density at radius 1 is 0.735 bits per heavy atom. The topological polar surface area (TPSA) is 193 Å². The molecule has 1 aliphatic heterocycles. The van der Waals surface area contributed by atoms with Crippen molar-refractivity contribution in [3.63, 3.8) is 0 Å². The summed E-state index contributed by atoms with van der Waals surface area (Å²) >= 11 is 3.26. The van der Waals surface area contributed by atoms with Crippen LogP contribution in [0.15, 0.2) is 61.7 Å². The molecule has 1 amide bonds. The number of amides is 1. The lowest BCUT2D eigenvalue weighted by atomic mass is 9.86. The number of carboxylic acid groups (broad SMARTS) is 1. The first-order chi connectivity index (χ1) is 33.0. The number of pyridine rings is 2. The highest BCUT2D eigenvalue weighted by Gasteiger charge is 2.34. The van der Waals surface area contributed by atoms with E-state index in [0.29, 0.717) is 48.5 Å². The van der Waals surface area contributed by atoms with Gasteiger partial charge in [0.2, 0.25) is 5.91 Å². The summed E-state index contributed by atoms with van der Waals surface area (Å²) in [6.07, 6.45) is 16.8. The van der Waals surface area contributed by atoms with Crippen LogP contribution in [-0.4, -0.2) is 138 Å². The Kier molecular flexibility index (Phi) is 12.8. The predicted octanol–water partition coefficient (Wildman–Crippen LogP) is 6.96. The molecular formula is C48H55N13O5S2. The van der Waals surface area contributed by atoms with E-state index in [2.05, 4.69) is 76.6 Å². The number of nitrogens with zero attached hydrogens (tertiary/aromatic N) is 11. The van der Waals surface area contributed by atoms with Crippen molar-refractivity contribution in [2.75, 3.05) is 72.2 Å². The van der Waals surface area contributed by atoms with Crippen LogP contribution in [0, 0.1) is 11.8 Å². The summed E-state index contributed by atoms with van der Waals surface area (Å²) < 4.78 is 14.7. The molecule has 0 unspecified atom stereocenters. The fourth-order valence-corrected chi connectivity index (χ4v) is 12.4. The summed E-state index contributed by atoms with van der Waals surface area (Å²) in [4.78, 5) is 54.1. The summed E-state index contributed by atoms with van der Waals surface area (Å²) in [6, 6.07) is 8.39. The van der Waals surface area contributed by atoms with E-state index in [0.717, 1.165) is 117 Å². The molecule has 8 aromatic rings. The van der Waals surface area contributed by atoms with Gasteiger partial charge in [-0.15, -0.1) is 22.7 Å². The largest absolute Gasteiger partial charge is 0.493 e. The molecule has 68 heavy (non-hydrogen) atoms. The van der Waals surface area contributed by atoms with Gasteiger partial charge in [0, 0.05) is 60.3 Å². The van der Waals surface area contributed by atoms with Crippen molar-refractivity contribution in [2.45, 2.75) is 57.4 Å².